The standard InChI is InChI=1S/C60H100O11/c1-7-9-11-13-15-17-19-21-23-25-27-29-31-33-35-41-56(62)68-48-53(49-69-57(63)42-36-34-32-30-28-26-24-22-20-18-16-14-12-10-8-2)70-58(64)43-50(3)39-37-38-40-51(4)44-59(65)71-60-54(66-5)45-52(47-61)46-55(60)67-6/h21-24,45-47,50-51,53H,7-20,25-44,48-49H2,1-6H3/b23-21-,24-22?. The Labute approximate surface area is 431 Å². The molecule has 406 valence electrons. The second-order valence-corrected chi connectivity index (χ2v) is 19.9. The van der Waals surface area contributed by atoms with Gasteiger partial charge in [-0.1, -0.05) is 180 Å². The molecule has 11 heteroatoms. The normalized spacial score (nSPS) is 12.7. The second-order valence-electron chi connectivity index (χ2n) is 19.9. The topological polar surface area (TPSA) is 141 Å². The van der Waals surface area contributed by atoms with Crippen molar-refractivity contribution in [2.75, 3.05) is 27.4 Å². The third-order valence-corrected chi connectivity index (χ3v) is 13.0. The van der Waals surface area contributed by atoms with Gasteiger partial charge in [0.25, 0.3) is 0 Å². The Bertz CT molecular complexity index is 1500. The summed E-state index contributed by atoms with van der Waals surface area (Å²) in [7, 11) is 2.86. The van der Waals surface area contributed by atoms with Crippen molar-refractivity contribution in [1.29, 1.82) is 0 Å². The van der Waals surface area contributed by atoms with Crippen LogP contribution in [-0.2, 0) is 33.4 Å². The maximum Gasteiger partial charge on any atom is 0.311 e. The lowest BCUT2D eigenvalue weighted by Gasteiger charge is -2.19. The van der Waals surface area contributed by atoms with Crippen molar-refractivity contribution in [2.45, 2.75) is 252 Å². The molecule has 0 heterocycles. The highest BCUT2D eigenvalue weighted by atomic mass is 16.6. The minimum Gasteiger partial charge on any atom is -0.493 e. The molecule has 3 atom stereocenters. The van der Waals surface area contributed by atoms with E-state index in [1.165, 1.54) is 116 Å². The zero-order valence-electron chi connectivity index (χ0n) is 45.7. The molecule has 0 aliphatic rings. The Kier molecular flexibility index (Phi) is 41.7. The summed E-state index contributed by atoms with van der Waals surface area (Å²) >= 11 is 0. The molecule has 0 amide bonds. The van der Waals surface area contributed by atoms with Crippen molar-refractivity contribution in [3.63, 3.8) is 0 Å². The maximum absolute atomic E-state index is 13.2. The molecule has 0 saturated carbocycles. The minimum atomic E-state index is -0.880. The smallest absolute Gasteiger partial charge is 0.311 e. The zero-order chi connectivity index (χ0) is 52.0. The van der Waals surface area contributed by atoms with E-state index < -0.39 is 18.0 Å². The summed E-state index contributed by atoms with van der Waals surface area (Å²) in [5.41, 5.74) is 0.342. The van der Waals surface area contributed by atoms with E-state index in [1.807, 2.05) is 13.8 Å². The fourth-order valence-electron chi connectivity index (χ4n) is 8.53. The zero-order valence-corrected chi connectivity index (χ0v) is 45.7. The predicted molar refractivity (Wildman–Crippen MR) is 287 cm³/mol. The molecule has 1 aromatic rings. The summed E-state index contributed by atoms with van der Waals surface area (Å²) in [4.78, 5) is 62.7. The number of carbonyl (C=O) groups is 5. The molecular weight excluding hydrogens is 897 g/mol. The number of esters is 4. The summed E-state index contributed by atoms with van der Waals surface area (Å²) in [6.07, 6.45) is 43.9. The van der Waals surface area contributed by atoms with Crippen LogP contribution in [0.2, 0.25) is 0 Å². The van der Waals surface area contributed by atoms with Gasteiger partial charge < -0.3 is 28.4 Å². The molecule has 0 aliphatic carbocycles. The van der Waals surface area contributed by atoms with Crippen LogP contribution in [0.15, 0.2) is 36.4 Å². The van der Waals surface area contributed by atoms with Gasteiger partial charge in [0.05, 0.1) is 14.2 Å². The highest BCUT2D eigenvalue weighted by Crippen LogP contribution is 2.38. The molecule has 11 nitrogen and oxygen atoms in total. The number of allylic oxidation sites excluding steroid dienone is 4. The van der Waals surface area contributed by atoms with Gasteiger partial charge in [-0.2, -0.15) is 0 Å². The van der Waals surface area contributed by atoms with E-state index in [1.54, 1.807) is 0 Å². The average Bonchev–Trinajstić information content (AvgIpc) is 3.35. The van der Waals surface area contributed by atoms with Crippen molar-refractivity contribution < 1.29 is 52.4 Å². The number of hydrogen-bond acceptors (Lipinski definition) is 11. The Morgan fingerprint density at radius 3 is 1.23 bits per heavy atom. The van der Waals surface area contributed by atoms with Crippen molar-refractivity contribution in [3.05, 3.63) is 42.0 Å². The summed E-state index contributed by atoms with van der Waals surface area (Å²) in [6, 6.07) is 2.98. The first-order valence-corrected chi connectivity index (χ1v) is 28.3. The van der Waals surface area contributed by atoms with Crippen molar-refractivity contribution in [1.82, 2.24) is 0 Å². The molecule has 0 saturated heterocycles. The predicted octanol–water partition coefficient (Wildman–Crippen LogP) is 16.1. The Morgan fingerprint density at radius 1 is 0.479 bits per heavy atom. The van der Waals surface area contributed by atoms with Crippen LogP contribution in [0, 0.1) is 11.8 Å². The van der Waals surface area contributed by atoms with Gasteiger partial charge in [-0.15, -0.1) is 0 Å². The number of carbonyl (C=O) groups excluding carboxylic acids is 5. The molecule has 71 heavy (non-hydrogen) atoms. The van der Waals surface area contributed by atoms with E-state index in [-0.39, 0.29) is 67.1 Å². The van der Waals surface area contributed by atoms with E-state index in [0.29, 0.717) is 24.7 Å². The van der Waals surface area contributed by atoms with Crippen LogP contribution in [0.4, 0.5) is 0 Å². The van der Waals surface area contributed by atoms with E-state index in [2.05, 4.69) is 38.2 Å². The molecule has 0 fully saturated rings. The molecule has 0 bridgehead atoms. The molecule has 0 N–H and O–H groups in total. The first-order chi connectivity index (χ1) is 34.6. The molecule has 1 rings (SSSR count). The fourth-order valence-corrected chi connectivity index (χ4v) is 8.53. The lowest BCUT2D eigenvalue weighted by atomic mass is 9.96. The average molecular weight is 997 g/mol. The Balaban J connectivity index is 2.50. The molecule has 0 aliphatic heterocycles. The summed E-state index contributed by atoms with van der Waals surface area (Å²) < 4.78 is 33.2. The molecular formula is C60H100O11. The number of hydrogen-bond donors (Lipinski definition) is 0. The first kappa shape index (κ1) is 64.9. The van der Waals surface area contributed by atoms with Gasteiger partial charge in [-0.3, -0.25) is 24.0 Å². The van der Waals surface area contributed by atoms with Crippen LogP contribution in [0.1, 0.15) is 256 Å². The highest BCUT2D eigenvalue weighted by Gasteiger charge is 2.22. The van der Waals surface area contributed by atoms with Gasteiger partial charge in [0, 0.05) is 31.2 Å². The number of benzene rings is 1. The summed E-state index contributed by atoms with van der Waals surface area (Å²) in [6.45, 7) is 8.17. The Morgan fingerprint density at radius 2 is 0.845 bits per heavy atom. The van der Waals surface area contributed by atoms with Crippen molar-refractivity contribution >= 4 is 30.2 Å². The van der Waals surface area contributed by atoms with Gasteiger partial charge in [0.2, 0.25) is 5.75 Å². The third kappa shape index (κ3) is 37.3. The Hall–Kier alpha value is -4.15. The van der Waals surface area contributed by atoms with Crippen molar-refractivity contribution in [2.24, 2.45) is 11.8 Å². The minimum absolute atomic E-state index is 0.0324. The van der Waals surface area contributed by atoms with E-state index in [9.17, 15) is 24.0 Å². The van der Waals surface area contributed by atoms with Gasteiger partial charge in [0.15, 0.2) is 17.6 Å². The monoisotopic (exact) mass is 997 g/mol. The fraction of sp³-hybridized carbons (Fsp3) is 0.750. The number of ether oxygens (including phenoxy) is 6. The molecule has 0 spiro atoms. The first-order valence-electron chi connectivity index (χ1n) is 28.3. The van der Waals surface area contributed by atoms with Gasteiger partial charge >= 0.3 is 23.9 Å². The number of aldehydes is 1. The molecule has 0 aromatic heterocycles. The molecule has 3 unspecified atom stereocenters. The quantitative estimate of drug-likeness (QED) is 0.0154. The third-order valence-electron chi connectivity index (χ3n) is 13.0. The highest BCUT2D eigenvalue weighted by molar-refractivity contribution is 5.80. The summed E-state index contributed by atoms with van der Waals surface area (Å²) in [5, 5.41) is 0. The largest absolute Gasteiger partial charge is 0.493 e. The van der Waals surface area contributed by atoms with Crippen LogP contribution >= 0.6 is 0 Å². The molecule has 0 radical (unpaired) electrons. The van der Waals surface area contributed by atoms with Crippen molar-refractivity contribution in [3.8, 4) is 17.2 Å². The van der Waals surface area contributed by atoms with E-state index in [0.717, 1.165) is 103 Å². The van der Waals surface area contributed by atoms with Crippen LogP contribution in [0.5, 0.6) is 17.2 Å². The van der Waals surface area contributed by atoms with Gasteiger partial charge in [-0.05, 0) is 88.2 Å². The van der Waals surface area contributed by atoms with Crippen LogP contribution in [0.3, 0.4) is 0 Å². The van der Waals surface area contributed by atoms with Crippen LogP contribution in [-0.4, -0.2) is 63.7 Å². The van der Waals surface area contributed by atoms with E-state index in [4.69, 9.17) is 28.4 Å². The number of methoxy groups -OCH3 is 2. The van der Waals surface area contributed by atoms with Gasteiger partial charge in [-0.25, -0.2) is 0 Å². The van der Waals surface area contributed by atoms with E-state index >= 15 is 0 Å². The SMILES string of the molecule is CCCCCCCCC=CCCCCCCCC(=O)OCC(COC(=O)CCCCCCC/C=C\CCCCCCCC)OC(=O)CC(C)CCCCC(C)CC(=O)Oc1c(OC)cc(C=O)cc1OC. The van der Waals surface area contributed by atoms with Crippen LogP contribution in [0.25, 0.3) is 0 Å². The molecule has 1 aromatic carbocycles. The number of unbranched alkanes of at least 4 members (excludes halogenated alkanes) is 23. The van der Waals surface area contributed by atoms with Gasteiger partial charge in [0.1, 0.15) is 19.5 Å². The lowest BCUT2D eigenvalue weighted by Crippen LogP contribution is -2.31. The van der Waals surface area contributed by atoms with Crippen LogP contribution < -0.4 is 14.2 Å². The summed E-state index contributed by atoms with van der Waals surface area (Å²) in [5.74, 6) is -0.839. The second kappa shape index (κ2) is 45.7. The number of rotatable bonds is 48. The lowest BCUT2D eigenvalue weighted by molar-refractivity contribution is -0.167. The maximum atomic E-state index is 13.2.